The molecule has 1 aromatic carbocycles. The number of amides is 1. The molecule has 0 fully saturated rings. The van der Waals surface area contributed by atoms with E-state index in [0.717, 1.165) is 27.0 Å². The maximum atomic E-state index is 11.7. The number of nitrogens with one attached hydrogen (secondary N) is 1. The Balaban J connectivity index is 1.97. The summed E-state index contributed by atoms with van der Waals surface area (Å²) in [7, 11) is 0. The molecule has 0 bridgehead atoms. The third-order valence-electron chi connectivity index (χ3n) is 2.91. The van der Waals surface area contributed by atoms with E-state index < -0.39 is 0 Å². The van der Waals surface area contributed by atoms with Gasteiger partial charge in [-0.15, -0.1) is 11.3 Å². The first-order chi connectivity index (χ1) is 9.15. The summed E-state index contributed by atoms with van der Waals surface area (Å²) in [6, 6.07) is 5.75. The molecule has 0 saturated heterocycles. The molecular weight excluding hydrogens is 258 g/mol. The smallest absolute Gasteiger partial charge is 0.226 e. The number of rotatable bonds is 3. The Bertz CT molecular complexity index is 747. The van der Waals surface area contributed by atoms with Crippen LogP contribution in [0.4, 0.5) is 5.69 Å². The van der Waals surface area contributed by atoms with Gasteiger partial charge in [-0.3, -0.25) is 4.79 Å². The maximum absolute atomic E-state index is 11.7. The van der Waals surface area contributed by atoms with Gasteiger partial charge in [0.2, 0.25) is 5.91 Å². The zero-order valence-corrected chi connectivity index (χ0v) is 11.5. The fraction of sp³-hybridized carbons (Fsp3) is 0.214. The van der Waals surface area contributed by atoms with Gasteiger partial charge in [0.15, 0.2) is 0 Å². The van der Waals surface area contributed by atoms with E-state index in [2.05, 4.69) is 15.3 Å². The van der Waals surface area contributed by atoms with Gasteiger partial charge >= 0.3 is 0 Å². The van der Waals surface area contributed by atoms with E-state index in [-0.39, 0.29) is 11.8 Å². The van der Waals surface area contributed by atoms with Crippen LogP contribution in [0.3, 0.4) is 0 Å². The Kier molecular flexibility index (Phi) is 2.91. The van der Waals surface area contributed by atoms with Crippen LogP contribution in [0.5, 0.6) is 0 Å². The minimum absolute atomic E-state index is 0.0204. The lowest BCUT2D eigenvalue weighted by Gasteiger charge is -2.11. The lowest BCUT2D eigenvalue weighted by atomic mass is 10.1. The normalized spacial score (nSPS) is 12.7. The zero-order valence-electron chi connectivity index (χ0n) is 10.7. The molecule has 4 nitrogen and oxygen atoms in total. The van der Waals surface area contributed by atoms with E-state index in [9.17, 15) is 4.79 Å². The van der Waals surface area contributed by atoms with Crippen LogP contribution < -0.4 is 15.9 Å². The van der Waals surface area contributed by atoms with Crippen LogP contribution in [0.15, 0.2) is 34.8 Å². The summed E-state index contributed by atoms with van der Waals surface area (Å²) in [5.41, 5.74) is 1.71. The lowest BCUT2D eigenvalue weighted by Crippen LogP contribution is -2.35. The molecule has 19 heavy (non-hydrogen) atoms. The van der Waals surface area contributed by atoms with Crippen LogP contribution in [0, 0.1) is 5.92 Å². The summed E-state index contributed by atoms with van der Waals surface area (Å²) in [6.45, 7) is 3.75. The molecule has 0 spiro atoms. The Morgan fingerprint density at radius 1 is 1.37 bits per heavy atom. The maximum Gasteiger partial charge on any atom is 0.226 e. The second-order valence-electron chi connectivity index (χ2n) is 4.67. The van der Waals surface area contributed by atoms with Gasteiger partial charge in [-0.1, -0.05) is 13.8 Å². The SMILES string of the molecule is CC(C)C(=O)Nc1ccc2c(c1)=C(c1nccs1)N=2. The van der Waals surface area contributed by atoms with E-state index in [4.69, 9.17) is 0 Å². The van der Waals surface area contributed by atoms with Gasteiger partial charge in [-0.25, -0.2) is 9.98 Å². The van der Waals surface area contributed by atoms with Gasteiger partial charge in [-0.05, 0) is 18.2 Å². The van der Waals surface area contributed by atoms with Crippen molar-refractivity contribution in [2.75, 3.05) is 5.32 Å². The fourth-order valence-corrected chi connectivity index (χ4v) is 2.46. The van der Waals surface area contributed by atoms with Gasteiger partial charge < -0.3 is 5.32 Å². The van der Waals surface area contributed by atoms with Crippen molar-refractivity contribution in [3.63, 3.8) is 0 Å². The van der Waals surface area contributed by atoms with Crippen molar-refractivity contribution in [1.29, 1.82) is 0 Å². The third kappa shape index (κ3) is 2.17. The van der Waals surface area contributed by atoms with Crippen molar-refractivity contribution >= 4 is 28.6 Å². The van der Waals surface area contributed by atoms with Crippen LogP contribution in [0.1, 0.15) is 18.9 Å². The summed E-state index contributed by atoms with van der Waals surface area (Å²) >= 11 is 1.57. The molecule has 0 radical (unpaired) electrons. The van der Waals surface area contributed by atoms with Crippen molar-refractivity contribution in [3.8, 4) is 0 Å². The Morgan fingerprint density at radius 2 is 2.21 bits per heavy atom. The minimum atomic E-state index is -0.0295. The van der Waals surface area contributed by atoms with E-state index in [0.29, 0.717) is 0 Å². The topological polar surface area (TPSA) is 54.4 Å². The number of hydrogen-bond donors (Lipinski definition) is 1. The molecule has 2 heterocycles. The molecule has 0 atom stereocenters. The summed E-state index contributed by atoms with van der Waals surface area (Å²) < 4.78 is 0. The Hall–Kier alpha value is -2.01. The molecule has 5 heteroatoms. The third-order valence-corrected chi connectivity index (χ3v) is 3.69. The zero-order chi connectivity index (χ0) is 13.4. The fourth-order valence-electron chi connectivity index (χ4n) is 1.82. The highest BCUT2D eigenvalue weighted by Gasteiger charge is 2.14. The quantitative estimate of drug-likeness (QED) is 0.920. The summed E-state index contributed by atoms with van der Waals surface area (Å²) in [5, 5.41) is 7.75. The summed E-state index contributed by atoms with van der Waals surface area (Å²) in [6.07, 6.45) is 1.77. The average molecular weight is 271 g/mol. The molecule has 3 rings (SSSR count). The molecule has 1 amide bonds. The molecule has 1 aromatic heterocycles. The number of benzene rings is 1. The number of fused-ring (bicyclic) bond motifs is 1. The molecule has 2 aromatic rings. The molecular formula is C14H13N3OS. The molecule has 1 aliphatic rings. The van der Waals surface area contributed by atoms with Gasteiger partial charge in [0.1, 0.15) is 10.7 Å². The van der Waals surface area contributed by atoms with Crippen LogP contribution in [-0.2, 0) is 4.79 Å². The van der Waals surface area contributed by atoms with Crippen LogP contribution in [-0.4, -0.2) is 10.9 Å². The lowest BCUT2D eigenvalue weighted by molar-refractivity contribution is -0.118. The first-order valence-corrected chi connectivity index (χ1v) is 6.97. The van der Waals surface area contributed by atoms with Crippen molar-refractivity contribution in [1.82, 2.24) is 4.98 Å². The van der Waals surface area contributed by atoms with E-state index in [1.807, 2.05) is 37.4 Å². The summed E-state index contributed by atoms with van der Waals surface area (Å²) in [5.74, 6) is -0.00909. The monoisotopic (exact) mass is 271 g/mol. The first-order valence-electron chi connectivity index (χ1n) is 6.09. The molecule has 0 saturated carbocycles. The average Bonchev–Trinajstić information content (AvgIpc) is 2.86. The highest BCUT2D eigenvalue weighted by atomic mass is 32.1. The van der Waals surface area contributed by atoms with Crippen molar-refractivity contribution < 1.29 is 4.79 Å². The molecule has 0 aliphatic carbocycles. The number of carbonyl (C=O) groups is 1. The number of anilines is 1. The van der Waals surface area contributed by atoms with Crippen LogP contribution in [0.25, 0.3) is 5.70 Å². The van der Waals surface area contributed by atoms with E-state index >= 15 is 0 Å². The Morgan fingerprint density at radius 3 is 2.89 bits per heavy atom. The standard InChI is InChI=1S/C14H13N3OS/c1-8(2)13(18)16-9-3-4-11-10(7-9)12(17-11)14-15-5-6-19-14/h3-8H,1-2H3,(H,16,18). The number of thiazole rings is 1. The summed E-state index contributed by atoms with van der Waals surface area (Å²) in [4.78, 5) is 20.4. The number of carbonyl (C=O) groups excluding carboxylic acids is 1. The number of nitrogens with zero attached hydrogens (tertiary/aromatic N) is 2. The molecule has 96 valence electrons. The molecule has 0 unspecified atom stereocenters. The highest BCUT2D eigenvalue weighted by Crippen LogP contribution is 2.17. The van der Waals surface area contributed by atoms with Crippen molar-refractivity contribution in [3.05, 3.63) is 45.4 Å². The molecule has 1 N–H and O–H groups in total. The predicted molar refractivity (Wildman–Crippen MR) is 75.3 cm³/mol. The van der Waals surface area contributed by atoms with Gasteiger partial charge in [0.25, 0.3) is 0 Å². The number of aromatic nitrogens is 1. The second-order valence-corrected chi connectivity index (χ2v) is 5.57. The number of hydrogen-bond acceptors (Lipinski definition) is 4. The van der Waals surface area contributed by atoms with Crippen LogP contribution in [0.2, 0.25) is 0 Å². The Labute approximate surface area is 114 Å². The predicted octanol–water partition coefficient (Wildman–Crippen LogP) is 1.53. The van der Waals surface area contributed by atoms with E-state index in [1.165, 1.54) is 0 Å². The van der Waals surface area contributed by atoms with Gasteiger partial charge in [-0.2, -0.15) is 0 Å². The van der Waals surface area contributed by atoms with Crippen molar-refractivity contribution in [2.45, 2.75) is 13.8 Å². The largest absolute Gasteiger partial charge is 0.326 e. The molecule has 1 aliphatic heterocycles. The van der Waals surface area contributed by atoms with Gasteiger partial charge in [0, 0.05) is 28.4 Å². The second kappa shape index (κ2) is 4.59. The minimum Gasteiger partial charge on any atom is -0.326 e. The van der Waals surface area contributed by atoms with E-state index in [1.54, 1.807) is 17.5 Å². The van der Waals surface area contributed by atoms with Crippen LogP contribution >= 0.6 is 11.3 Å². The van der Waals surface area contributed by atoms with Crippen molar-refractivity contribution in [2.24, 2.45) is 10.9 Å². The first kappa shape index (κ1) is 12.0. The highest BCUT2D eigenvalue weighted by molar-refractivity contribution is 7.10. The van der Waals surface area contributed by atoms with Gasteiger partial charge in [0.05, 0.1) is 5.36 Å².